The quantitative estimate of drug-likeness (QED) is 0.728. The Morgan fingerprint density at radius 3 is 2.54 bits per heavy atom. The lowest BCUT2D eigenvalue weighted by Gasteiger charge is -2.04. The lowest BCUT2D eigenvalue weighted by molar-refractivity contribution is -0.0498. The number of aryl methyl sites for hydroxylation is 2. The number of amides is 1. The molecule has 3 aromatic rings. The number of carbonyl (C=O) groups excluding carboxylic acids is 1. The minimum atomic E-state index is -2.86. The third-order valence-electron chi connectivity index (χ3n) is 3.84. The van der Waals surface area contributed by atoms with Crippen molar-refractivity contribution in [2.75, 3.05) is 5.32 Å². The first-order valence-corrected chi connectivity index (χ1v) is 8.55. The van der Waals surface area contributed by atoms with Gasteiger partial charge in [-0.25, -0.2) is 4.98 Å². The summed E-state index contributed by atoms with van der Waals surface area (Å²) >= 11 is 1.28. The van der Waals surface area contributed by atoms with E-state index in [0.717, 1.165) is 11.3 Å². The molecule has 136 valence electrons. The monoisotopic (exact) mass is 378 g/mol. The average molecular weight is 378 g/mol. The molecule has 0 radical (unpaired) electrons. The van der Waals surface area contributed by atoms with Crippen LogP contribution in [0.4, 0.5) is 13.9 Å². The zero-order valence-electron chi connectivity index (χ0n) is 14.3. The van der Waals surface area contributed by atoms with Gasteiger partial charge in [-0.1, -0.05) is 0 Å². The molecule has 0 unspecified atom stereocenters. The average Bonchev–Trinajstić information content (AvgIpc) is 3.12. The molecule has 1 N–H and O–H groups in total. The molecule has 2 aromatic heterocycles. The van der Waals surface area contributed by atoms with Crippen LogP contribution in [0, 0.1) is 13.8 Å². The summed E-state index contributed by atoms with van der Waals surface area (Å²) in [6.45, 7) is 0.741. The normalized spacial score (nSPS) is 11.0. The van der Waals surface area contributed by atoms with Crippen molar-refractivity contribution in [3.05, 3.63) is 46.6 Å². The van der Waals surface area contributed by atoms with Gasteiger partial charge in [0.1, 0.15) is 5.75 Å². The van der Waals surface area contributed by atoms with E-state index in [1.807, 2.05) is 6.92 Å². The molecule has 0 aliphatic heterocycles. The number of nitrogens with zero attached hydrogens (tertiary/aromatic N) is 3. The van der Waals surface area contributed by atoms with Crippen LogP contribution in [0.2, 0.25) is 0 Å². The number of aromatic nitrogens is 3. The lowest BCUT2D eigenvalue weighted by Crippen LogP contribution is -2.13. The van der Waals surface area contributed by atoms with Gasteiger partial charge in [0.2, 0.25) is 0 Å². The predicted octanol–water partition coefficient (Wildman–Crippen LogP) is 4.01. The Hall–Kier alpha value is -2.81. The standard InChI is InChI=1S/C17H16F2N4O2S/c1-9-14(10(2)23(3)22-9)15(24)21-17-20-13(8-26-17)11-4-6-12(7-5-11)25-16(18)19/h4-8,16H,1-3H3,(H,20,21,24). The fraction of sp³-hybridized carbons (Fsp3) is 0.235. The van der Waals surface area contributed by atoms with Gasteiger partial charge in [0.05, 0.1) is 17.0 Å². The van der Waals surface area contributed by atoms with Gasteiger partial charge in [0.25, 0.3) is 5.91 Å². The molecule has 0 saturated carbocycles. The highest BCUT2D eigenvalue weighted by Crippen LogP contribution is 2.27. The van der Waals surface area contributed by atoms with E-state index in [4.69, 9.17) is 0 Å². The Balaban J connectivity index is 1.74. The summed E-state index contributed by atoms with van der Waals surface area (Å²) in [7, 11) is 1.78. The van der Waals surface area contributed by atoms with Crippen molar-refractivity contribution >= 4 is 22.4 Å². The molecule has 1 amide bonds. The Morgan fingerprint density at radius 1 is 1.27 bits per heavy atom. The SMILES string of the molecule is Cc1nn(C)c(C)c1C(=O)Nc1nc(-c2ccc(OC(F)F)cc2)cs1. The van der Waals surface area contributed by atoms with Crippen molar-refractivity contribution in [2.45, 2.75) is 20.5 Å². The van der Waals surface area contributed by atoms with Gasteiger partial charge < -0.3 is 4.74 Å². The van der Waals surface area contributed by atoms with Crippen LogP contribution in [0.5, 0.6) is 5.75 Å². The van der Waals surface area contributed by atoms with Gasteiger partial charge in [0, 0.05) is 23.7 Å². The Bertz CT molecular complexity index is 935. The van der Waals surface area contributed by atoms with E-state index in [9.17, 15) is 13.6 Å². The smallest absolute Gasteiger partial charge is 0.387 e. The number of nitrogens with one attached hydrogen (secondary N) is 1. The summed E-state index contributed by atoms with van der Waals surface area (Å²) in [6.07, 6.45) is 0. The topological polar surface area (TPSA) is 69.0 Å². The van der Waals surface area contributed by atoms with Crippen molar-refractivity contribution in [1.82, 2.24) is 14.8 Å². The Morgan fingerprint density at radius 2 is 1.96 bits per heavy atom. The van der Waals surface area contributed by atoms with Crippen LogP contribution in [-0.2, 0) is 7.05 Å². The molecular formula is C17H16F2N4O2S. The molecule has 0 saturated heterocycles. The van der Waals surface area contributed by atoms with E-state index in [2.05, 4.69) is 20.1 Å². The number of thiazole rings is 1. The first kappa shape index (κ1) is 18.0. The summed E-state index contributed by atoms with van der Waals surface area (Å²) in [5.74, 6) is -0.190. The first-order chi connectivity index (χ1) is 12.3. The molecule has 0 aliphatic rings. The van der Waals surface area contributed by atoms with Crippen molar-refractivity contribution in [3.63, 3.8) is 0 Å². The molecule has 6 nitrogen and oxygen atoms in total. The minimum absolute atomic E-state index is 0.0787. The fourth-order valence-electron chi connectivity index (χ4n) is 2.53. The molecule has 0 spiro atoms. The second kappa shape index (κ2) is 7.20. The highest BCUT2D eigenvalue weighted by molar-refractivity contribution is 7.14. The maximum absolute atomic E-state index is 12.5. The summed E-state index contributed by atoms with van der Waals surface area (Å²) in [5, 5.41) is 9.22. The first-order valence-electron chi connectivity index (χ1n) is 7.67. The second-order valence-corrected chi connectivity index (χ2v) is 6.42. The highest BCUT2D eigenvalue weighted by Gasteiger charge is 2.18. The van der Waals surface area contributed by atoms with Gasteiger partial charge in [-0.3, -0.25) is 14.8 Å². The van der Waals surface area contributed by atoms with Gasteiger partial charge in [-0.05, 0) is 38.1 Å². The van der Waals surface area contributed by atoms with Crippen molar-refractivity contribution in [3.8, 4) is 17.0 Å². The number of alkyl halides is 2. The van der Waals surface area contributed by atoms with Gasteiger partial charge >= 0.3 is 6.61 Å². The van der Waals surface area contributed by atoms with Crippen molar-refractivity contribution in [1.29, 1.82) is 0 Å². The van der Waals surface area contributed by atoms with Crippen LogP contribution >= 0.6 is 11.3 Å². The van der Waals surface area contributed by atoms with Gasteiger partial charge in [-0.15, -0.1) is 11.3 Å². The van der Waals surface area contributed by atoms with E-state index >= 15 is 0 Å². The maximum Gasteiger partial charge on any atom is 0.387 e. The third-order valence-corrected chi connectivity index (χ3v) is 4.59. The molecule has 2 heterocycles. The predicted molar refractivity (Wildman–Crippen MR) is 94.8 cm³/mol. The number of hydrogen-bond acceptors (Lipinski definition) is 5. The summed E-state index contributed by atoms with van der Waals surface area (Å²) in [6, 6.07) is 6.16. The third kappa shape index (κ3) is 3.72. The van der Waals surface area contributed by atoms with E-state index in [-0.39, 0.29) is 11.7 Å². The van der Waals surface area contributed by atoms with Crippen LogP contribution in [0.3, 0.4) is 0 Å². The zero-order valence-corrected chi connectivity index (χ0v) is 15.1. The lowest BCUT2D eigenvalue weighted by atomic mass is 10.2. The zero-order chi connectivity index (χ0) is 18.8. The number of halogens is 2. The van der Waals surface area contributed by atoms with Crippen LogP contribution in [0.15, 0.2) is 29.6 Å². The number of rotatable bonds is 5. The van der Waals surface area contributed by atoms with Gasteiger partial charge in [-0.2, -0.15) is 13.9 Å². The number of ether oxygens (including phenoxy) is 1. The fourth-order valence-corrected chi connectivity index (χ4v) is 3.25. The van der Waals surface area contributed by atoms with Crippen LogP contribution in [0.25, 0.3) is 11.3 Å². The Kier molecular flexibility index (Phi) is 4.99. The van der Waals surface area contributed by atoms with E-state index in [1.165, 1.54) is 23.5 Å². The number of benzene rings is 1. The van der Waals surface area contributed by atoms with E-state index < -0.39 is 6.61 Å². The van der Waals surface area contributed by atoms with Crippen LogP contribution < -0.4 is 10.1 Å². The number of anilines is 1. The van der Waals surface area contributed by atoms with Crippen molar-refractivity contribution in [2.24, 2.45) is 7.05 Å². The van der Waals surface area contributed by atoms with Crippen LogP contribution in [-0.4, -0.2) is 27.3 Å². The van der Waals surface area contributed by atoms with Crippen molar-refractivity contribution < 1.29 is 18.3 Å². The summed E-state index contributed by atoms with van der Waals surface area (Å²) in [4.78, 5) is 16.8. The Labute approximate surface area is 152 Å². The molecular weight excluding hydrogens is 362 g/mol. The number of carbonyl (C=O) groups is 1. The number of hydrogen-bond donors (Lipinski definition) is 1. The molecule has 0 atom stereocenters. The highest BCUT2D eigenvalue weighted by atomic mass is 32.1. The summed E-state index contributed by atoms with van der Waals surface area (Å²) < 4.78 is 30.3. The molecule has 9 heteroatoms. The van der Waals surface area contributed by atoms with Gasteiger partial charge in [0.15, 0.2) is 5.13 Å². The molecule has 0 aliphatic carbocycles. The van der Waals surface area contributed by atoms with Crippen LogP contribution in [0.1, 0.15) is 21.7 Å². The minimum Gasteiger partial charge on any atom is -0.435 e. The molecule has 26 heavy (non-hydrogen) atoms. The molecule has 0 fully saturated rings. The molecule has 0 bridgehead atoms. The second-order valence-electron chi connectivity index (χ2n) is 5.56. The molecule has 3 rings (SSSR count). The van der Waals surface area contributed by atoms with E-state index in [1.54, 1.807) is 36.2 Å². The maximum atomic E-state index is 12.5. The van der Waals surface area contributed by atoms with E-state index in [0.29, 0.717) is 22.1 Å². The molecule has 1 aromatic carbocycles. The summed E-state index contributed by atoms with van der Waals surface area (Å²) in [5.41, 5.74) is 3.31. The largest absolute Gasteiger partial charge is 0.435 e.